The monoisotopic (exact) mass is 209 g/mol. The molecule has 0 saturated heterocycles. The molecule has 2 nitrogen and oxygen atoms in total. The summed E-state index contributed by atoms with van der Waals surface area (Å²) in [5, 5.41) is 0. The van der Waals surface area contributed by atoms with Gasteiger partial charge in [0, 0.05) is 6.54 Å². The van der Waals surface area contributed by atoms with Crippen molar-refractivity contribution in [1.29, 1.82) is 0 Å². The first kappa shape index (κ1) is 10.1. The average Bonchev–Trinajstić information content (AvgIpc) is 2.14. The number of hydrogen-bond acceptors (Lipinski definition) is 2. The van der Waals surface area contributed by atoms with Gasteiger partial charge in [0.2, 0.25) is 0 Å². The van der Waals surface area contributed by atoms with Crippen LogP contribution >= 0.6 is 0 Å². The molecule has 3 atom stereocenters. The van der Waals surface area contributed by atoms with Crippen molar-refractivity contribution in [2.45, 2.75) is 45.1 Å². The van der Waals surface area contributed by atoms with Gasteiger partial charge in [-0.05, 0) is 55.3 Å². The normalized spacial score (nSPS) is 52.4. The molecule has 2 heteroatoms. The van der Waals surface area contributed by atoms with Crippen LogP contribution in [0, 0.1) is 23.2 Å². The zero-order valence-corrected chi connectivity index (χ0v) is 9.74. The predicted octanol–water partition coefficient (Wildman–Crippen LogP) is 2.18. The third-order valence-electron chi connectivity index (χ3n) is 4.98. The van der Waals surface area contributed by atoms with Crippen LogP contribution < -0.4 is 5.73 Å². The lowest BCUT2D eigenvalue weighted by Crippen LogP contribution is -2.55. The Labute approximate surface area is 92.6 Å². The van der Waals surface area contributed by atoms with Crippen molar-refractivity contribution in [1.82, 2.24) is 0 Å². The van der Waals surface area contributed by atoms with Gasteiger partial charge in [0.15, 0.2) is 0 Å². The van der Waals surface area contributed by atoms with Crippen LogP contribution in [0.1, 0.15) is 39.0 Å². The first-order chi connectivity index (χ1) is 7.21. The standard InChI is InChI=1S/C13H23NO/c1-13-7-9-4-10(8-13)6-11(5-9)12(13)15-3-2-14/h9-12H,2-8,14H2,1H3. The maximum Gasteiger partial charge on any atom is 0.0657 e. The minimum atomic E-state index is 0.490. The van der Waals surface area contributed by atoms with Crippen LogP contribution in [0.15, 0.2) is 0 Å². The summed E-state index contributed by atoms with van der Waals surface area (Å²) >= 11 is 0. The summed E-state index contributed by atoms with van der Waals surface area (Å²) in [6.07, 6.45) is 7.72. The third kappa shape index (κ3) is 1.53. The molecule has 15 heavy (non-hydrogen) atoms. The van der Waals surface area contributed by atoms with Crippen LogP contribution in [-0.2, 0) is 4.74 Å². The smallest absolute Gasteiger partial charge is 0.0657 e. The summed E-state index contributed by atoms with van der Waals surface area (Å²) in [5.41, 5.74) is 6.04. The Morgan fingerprint density at radius 3 is 2.40 bits per heavy atom. The fraction of sp³-hybridized carbons (Fsp3) is 1.00. The van der Waals surface area contributed by atoms with Crippen molar-refractivity contribution < 1.29 is 4.74 Å². The maximum absolute atomic E-state index is 6.05. The molecule has 0 aromatic rings. The Bertz CT molecular complexity index is 239. The molecule has 0 aromatic carbocycles. The second-order valence-electron chi connectivity index (χ2n) is 6.34. The lowest BCUT2D eigenvalue weighted by atomic mass is 9.49. The largest absolute Gasteiger partial charge is 0.376 e. The molecule has 4 rings (SSSR count). The molecule has 0 radical (unpaired) electrons. The summed E-state index contributed by atoms with van der Waals surface area (Å²) in [5.74, 6) is 2.89. The summed E-state index contributed by atoms with van der Waals surface area (Å²) in [6, 6.07) is 0. The van der Waals surface area contributed by atoms with Crippen molar-refractivity contribution in [2.75, 3.05) is 13.2 Å². The molecule has 3 unspecified atom stereocenters. The molecule has 2 N–H and O–H groups in total. The van der Waals surface area contributed by atoms with Gasteiger partial charge in [0.1, 0.15) is 0 Å². The fourth-order valence-electron chi connectivity index (χ4n) is 4.93. The molecule has 4 aliphatic rings. The first-order valence-corrected chi connectivity index (χ1v) is 6.53. The van der Waals surface area contributed by atoms with Crippen molar-refractivity contribution in [3.8, 4) is 0 Å². The quantitative estimate of drug-likeness (QED) is 0.773. The molecule has 4 bridgehead atoms. The van der Waals surface area contributed by atoms with Gasteiger partial charge in [-0.2, -0.15) is 0 Å². The molecule has 4 saturated carbocycles. The Kier molecular flexibility index (Phi) is 2.33. The van der Waals surface area contributed by atoms with Gasteiger partial charge in [-0.3, -0.25) is 0 Å². The van der Waals surface area contributed by atoms with E-state index in [9.17, 15) is 0 Å². The highest BCUT2D eigenvalue weighted by atomic mass is 16.5. The predicted molar refractivity (Wildman–Crippen MR) is 60.5 cm³/mol. The van der Waals surface area contributed by atoms with Crippen LogP contribution in [0.2, 0.25) is 0 Å². The second kappa shape index (κ2) is 3.46. The zero-order chi connectivity index (χ0) is 10.5. The minimum absolute atomic E-state index is 0.490. The summed E-state index contributed by atoms with van der Waals surface area (Å²) in [7, 11) is 0. The van der Waals surface area contributed by atoms with E-state index < -0.39 is 0 Å². The van der Waals surface area contributed by atoms with E-state index in [0.29, 0.717) is 18.1 Å². The molecule has 0 aliphatic heterocycles. The van der Waals surface area contributed by atoms with E-state index in [-0.39, 0.29) is 0 Å². The van der Waals surface area contributed by atoms with E-state index in [4.69, 9.17) is 10.5 Å². The summed E-state index contributed by atoms with van der Waals surface area (Å²) < 4.78 is 6.05. The molecular weight excluding hydrogens is 186 g/mol. The van der Waals surface area contributed by atoms with Crippen LogP contribution in [0.3, 0.4) is 0 Å². The van der Waals surface area contributed by atoms with Gasteiger partial charge in [0.05, 0.1) is 12.7 Å². The molecule has 4 fully saturated rings. The Hall–Kier alpha value is -0.0800. The highest BCUT2D eigenvalue weighted by Gasteiger charge is 2.55. The highest BCUT2D eigenvalue weighted by Crippen LogP contribution is 2.60. The topological polar surface area (TPSA) is 35.2 Å². The van der Waals surface area contributed by atoms with E-state index >= 15 is 0 Å². The van der Waals surface area contributed by atoms with E-state index in [2.05, 4.69) is 6.92 Å². The van der Waals surface area contributed by atoms with Crippen LogP contribution in [0.5, 0.6) is 0 Å². The Morgan fingerprint density at radius 1 is 1.20 bits per heavy atom. The third-order valence-corrected chi connectivity index (χ3v) is 4.98. The van der Waals surface area contributed by atoms with Crippen LogP contribution in [0.25, 0.3) is 0 Å². The van der Waals surface area contributed by atoms with E-state index in [0.717, 1.165) is 24.4 Å². The number of ether oxygens (including phenoxy) is 1. The molecular formula is C13H23NO. The molecule has 0 spiro atoms. The van der Waals surface area contributed by atoms with Gasteiger partial charge < -0.3 is 10.5 Å². The maximum atomic E-state index is 6.05. The SMILES string of the molecule is CC12CC3CC(CC(C3)C1OCCN)C2. The highest BCUT2D eigenvalue weighted by molar-refractivity contribution is 5.05. The lowest BCUT2D eigenvalue weighted by Gasteiger charge is -2.59. The number of rotatable bonds is 3. The first-order valence-electron chi connectivity index (χ1n) is 6.53. The van der Waals surface area contributed by atoms with Gasteiger partial charge in [-0.1, -0.05) is 6.92 Å². The average molecular weight is 209 g/mol. The number of hydrogen-bond donors (Lipinski definition) is 1. The van der Waals surface area contributed by atoms with E-state index in [1.807, 2.05) is 0 Å². The molecule has 0 aromatic heterocycles. The Morgan fingerprint density at radius 2 is 1.87 bits per heavy atom. The Balaban J connectivity index is 1.77. The minimum Gasteiger partial charge on any atom is -0.376 e. The van der Waals surface area contributed by atoms with E-state index in [1.165, 1.54) is 32.1 Å². The molecule has 0 heterocycles. The lowest BCUT2D eigenvalue weighted by molar-refractivity contribution is -0.171. The fourth-order valence-corrected chi connectivity index (χ4v) is 4.93. The van der Waals surface area contributed by atoms with E-state index in [1.54, 1.807) is 0 Å². The zero-order valence-electron chi connectivity index (χ0n) is 9.74. The van der Waals surface area contributed by atoms with Crippen LogP contribution in [0.4, 0.5) is 0 Å². The van der Waals surface area contributed by atoms with Gasteiger partial charge >= 0.3 is 0 Å². The van der Waals surface area contributed by atoms with Crippen molar-refractivity contribution in [3.63, 3.8) is 0 Å². The van der Waals surface area contributed by atoms with Crippen LogP contribution in [-0.4, -0.2) is 19.3 Å². The van der Waals surface area contributed by atoms with Gasteiger partial charge in [-0.15, -0.1) is 0 Å². The van der Waals surface area contributed by atoms with Gasteiger partial charge in [0.25, 0.3) is 0 Å². The molecule has 4 aliphatic carbocycles. The second-order valence-corrected chi connectivity index (χ2v) is 6.34. The molecule has 0 amide bonds. The summed E-state index contributed by atoms with van der Waals surface area (Å²) in [6.45, 7) is 3.89. The van der Waals surface area contributed by atoms with Crippen molar-refractivity contribution >= 4 is 0 Å². The number of nitrogens with two attached hydrogens (primary N) is 1. The summed E-state index contributed by atoms with van der Waals surface area (Å²) in [4.78, 5) is 0. The van der Waals surface area contributed by atoms with Crippen molar-refractivity contribution in [3.05, 3.63) is 0 Å². The van der Waals surface area contributed by atoms with Gasteiger partial charge in [-0.25, -0.2) is 0 Å². The van der Waals surface area contributed by atoms with Crippen molar-refractivity contribution in [2.24, 2.45) is 28.9 Å². The molecule has 86 valence electrons.